The third-order valence-electron chi connectivity index (χ3n) is 6.51. The van der Waals surface area contributed by atoms with Gasteiger partial charge in [-0.3, -0.25) is 9.78 Å². The Morgan fingerprint density at radius 2 is 2.00 bits per heavy atom. The van der Waals surface area contributed by atoms with E-state index in [-0.39, 0.29) is 30.5 Å². The lowest BCUT2D eigenvalue weighted by Crippen LogP contribution is -2.42. The van der Waals surface area contributed by atoms with Gasteiger partial charge >= 0.3 is 0 Å². The van der Waals surface area contributed by atoms with E-state index in [1.807, 2.05) is 41.3 Å². The van der Waals surface area contributed by atoms with Gasteiger partial charge in [0, 0.05) is 41.7 Å². The lowest BCUT2D eigenvalue weighted by atomic mass is 9.82. The number of benzene rings is 2. The van der Waals surface area contributed by atoms with E-state index < -0.39 is 0 Å². The average Bonchev–Trinajstić information content (AvgIpc) is 3.33. The second-order valence-electron chi connectivity index (χ2n) is 8.32. The Kier molecular flexibility index (Phi) is 5.72. The smallest absolute Gasteiger partial charge is 0.254 e. The zero-order chi connectivity index (χ0) is 22.8. The first-order valence-corrected chi connectivity index (χ1v) is 11.1. The highest BCUT2D eigenvalue weighted by Gasteiger charge is 2.45. The highest BCUT2D eigenvalue weighted by atomic mass is 16.5. The summed E-state index contributed by atoms with van der Waals surface area (Å²) in [6.07, 6.45) is 4.11. The number of fused-ring (bicyclic) bond motifs is 3. The molecule has 5 rings (SSSR count). The molecule has 1 aromatic heterocycles. The number of rotatable bonds is 3. The minimum absolute atomic E-state index is 0.0139. The highest BCUT2D eigenvalue weighted by Crippen LogP contribution is 2.47. The molecular formula is C27H25N3O3. The molecule has 3 heterocycles. The molecule has 0 unspecified atom stereocenters. The Morgan fingerprint density at radius 1 is 1.18 bits per heavy atom. The van der Waals surface area contributed by atoms with Crippen LogP contribution in [-0.2, 0) is 0 Å². The van der Waals surface area contributed by atoms with Crippen LogP contribution >= 0.6 is 0 Å². The first-order chi connectivity index (χ1) is 16.2. The van der Waals surface area contributed by atoms with Crippen molar-refractivity contribution in [1.82, 2.24) is 9.88 Å². The molecule has 0 saturated carbocycles. The van der Waals surface area contributed by atoms with E-state index in [0.717, 1.165) is 34.5 Å². The monoisotopic (exact) mass is 439 g/mol. The molecule has 3 atom stereocenters. The van der Waals surface area contributed by atoms with Crippen molar-refractivity contribution in [1.29, 1.82) is 0 Å². The summed E-state index contributed by atoms with van der Waals surface area (Å²) in [5, 5.41) is 13.5. The van der Waals surface area contributed by atoms with Crippen LogP contribution in [0.2, 0.25) is 0 Å². The summed E-state index contributed by atoms with van der Waals surface area (Å²) in [6, 6.07) is 17.0. The number of methoxy groups -OCH3 is 1. The fraction of sp³-hybridized carbons (Fsp3) is 0.259. The fourth-order valence-electron chi connectivity index (χ4n) is 4.92. The molecule has 2 aromatic carbocycles. The Labute approximate surface area is 193 Å². The zero-order valence-electron chi connectivity index (χ0n) is 18.4. The van der Waals surface area contributed by atoms with Gasteiger partial charge in [-0.05, 0) is 54.4 Å². The topological polar surface area (TPSA) is 74.7 Å². The van der Waals surface area contributed by atoms with Crippen molar-refractivity contribution < 1.29 is 14.6 Å². The number of hydrogen-bond donors (Lipinski definition) is 2. The summed E-state index contributed by atoms with van der Waals surface area (Å²) < 4.78 is 5.40. The van der Waals surface area contributed by atoms with Crippen molar-refractivity contribution in [3.8, 4) is 17.6 Å². The number of ether oxygens (including phenoxy) is 1. The molecule has 1 fully saturated rings. The maximum absolute atomic E-state index is 13.3. The molecule has 0 aliphatic carbocycles. The number of aliphatic hydroxyl groups is 1. The van der Waals surface area contributed by atoms with Gasteiger partial charge in [-0.1, -0.05) is 24.0 Å². The summed E-state index contributed by atoms with van der Waals surface area (Å²) in [7, 11) is 1.64. The molecule has 0 radical (unpaired) electrons. The van der Waals surface area contributed by atoms with Gasteiger partial charge in [0.25, 0.3) is 5.91 Å². The number of nitrogens with one attached hydrogen (secondary N) is 1. The van der Waals surface area contributed by atoms with Crippen LogP contribution in [0.15, 0.2) is 67.0 Å². The lowest BCUT2D eigenvalue weighted by molar-refractivity contribution is 0.0701. The van der Waals surface area contributed by atoms with Gasteiger partial charge in [0.05, 0.1) is 31.4 Å². The number of aromatic nitrogens is 1. The predicted molar refractivity (Wildman–Crippen MR) is 126 cm³/mol. The first-order valence-electron chi connectivity index (χ1n) is 11.1. The molecule has 0 spiro atoms. The molecule has 6 heteroatoms. The van der Waals surface area contributed by atoms with Crippen LogP contribution in [0, 0.1) is 17.8 Å². The molecule has 1 amide bonds. The van der Waals surface area contributed by atoms with Gasteiger partial charge in [0.2, 0.25) is 0 Å². The number of hydrogen-bond acceptors (Lipinski definition) is 5. The Morgan fingerprint density at radius 3 is 2.79 bits per heavy atom. The van der Waals surface area contributed by atoms with Crippen LogP contribution in [0.5, 0.6) is 5.75 Å². The molecule has 33 heavy (non-hydrogen) atoms. The van der Waals surface area contributed by atoms with Crippen molar-refractivity contribution in [2.45, 2.75) is 18.5 Å². The molecule has 1 saturated heterocycles. The second-order valence-corrected chi connectivity index (χ2v) is 8.32. The van der Waals surface area contributed by atoms with Crippen molar-refractivity contribution in [2.24, 2.45) is 5.92 Å². The number of amides is 1. The van der Waals surface area contributed by atoms with Gasteiger partial charge in [-0.2, -0.15) is 0 Å². The maximum Gasteiger partial charge on any atom is 0.254 e. The van der Waals surface area contributed by atoms with Crippen LogP contribution in [0.25, 0.3) is 0 Å². The minimum atomic E-state index is -0.118. The van der Waals surface area contributed by atoms with Gasteiger partial charge < -0.3 is 20.1 Å². The van der Waals surface area contributed by atoms with E-state index in [0.29, 0.717) is 12.1 Å². The van der Waals surface area contributed by atoms with E-state index in [9.17, 15) is 9.90 Å². The van der Waals surface area contributed by atoms with E-state index in [1.165, 1.54) is 0 Å². The Hall–Kier alpha value is -3.82. The van der Waals surface area contributed by atoms with Gasteiger partial charge in [-0.15, -0.1) is 0 Å². The van der Waals surface area contributed by atoms with Crippen molar-refractivity contribution in [3.63, 3.8) is 0 Å². The standard InChI is InChI=1S/C27H25N3O3/c1-33-25-5-3-2-4-19(25)8-6-18-7-9-23-22(16-18)26-21(24(17-31)29-23)12-15-30(26)27(32)20-10-13-28-14-11-20/h2-5,7,9-11,13-14,16,21,24,26,29,31H,12,15,17H2,1H3/t21-,24-,26-/m0/s1. The molecule has 166 valence electrons. The number of aliphatic hydroxyl groups excluding tert-OH is 1. The predicted octanol–water partition coefficient (Wildman–Crippen LogP) is 3.48. The van der Waals surface area contributed by atoms with Crippen LogP contribution in [-0.4, -0.2) is 47.2 Å². The fourth-order valence-corrected chi connectivity index (χ4v) is 4.92. The average molecular weight is 440 g/mol. The normalized spacial score (nSPS) is 20.7. The third kappa shape index (κ3) is 3.92. The van der Waals surface area contributed by atoms with E-state index >= 15 is 0 Å². The summed E-state index contributed by atoms with van der Waals surface area (Å²) in [5.41, 5.74) is 4.29. The van der Waals surface area contributed by atoms with Crippen molar-refractivity contribution >= 4 is 11.6 Å². The third-order valence-corrected chi connectivity index (χ3v) is 6.51. The summed E-state index contributed by atoms with van der Waals surface area (Å²) in [6.45, 7) is 0.665. The van der Waals surface area contributed by atoms with Crippen molar-refractivity contribution in [2.75, 3.05) is 25.6 Å². The minimum Gasteiger partial charge on any atom is -0.495 e. The lowest BCUT2D eigenvalue weighted by Gasteiger charge is -2.39. The molecule has 0 bridgehead atoms. The summed E-state index contributed by atoms with van der Waals surface area (Å²) in [5.74, 6) is 7.30. The number of anilines is 1. The van der Waals surface area contributed by atoms with Gasteiger partial charge in [0.15, 0.2) is 0 Å². The number of para-hydroxylation sites is 1. The largest absolute Gasteiger partial charge is 0.495 e. The number of carbonyl (C=O) groups excluding carboxylic acids is 1. The SMILES string of the molecule is COc1ccccc1C#Cc1ccc2c(c1)[C@@H]1[C@@H](CCN1C(=O)c1ccncc1)[C@H](CO)N2. The molecule has 3 aromatic rings. The van der Waals surface area contributed by atoms with Crippen LogP contribution in [0.1, 0.15) is 39.5 Å². The Balaban J connectivity index is 1.52. The summed E-state index contributed by atoms with van der Waals surface area (Å²) in [4.78, 5) is 19.3. The van der Waals surface area contributed by atoms with Gasteiger partial charge in [0.1, 0.15) is 5.75 Å². The maximum atomic E-state index is 13.3. The van der Waals surface area contributed by atoms with E-state index in [2.05, 4.69) is 28.2 Å². The summed E-state index contributed by atoms with van der Waals surface area (Å²) >= 11 is 0. The second kappa shape index (κ2) is 8.97. The van der Waals surface area contributed by atoms with E-state index in [4.69, 9.17) is 4.74 Å². The van der Waals surface area contributed by atoms with Gasteiger partial charge in [-0.25, -0.2) is 0 Å². The van der Waals surface area contributed by atoms with Crippen LogP contribution < -0.4 is 10.1 Å². The number of nitrogens with zero attached hydrogens (tertiary/aromatic N) is 2. The Bertz CT molecular complexity index is 1230. The quantitative estimate of drug-likeness (QED) is 0.612. The molecule has 2 aliphatic rings. The van der Waals surface area contributed by atoms with Crippen molar-refractivity contribution in [3.05, 3.63) is 89.2 Å². The molecular weight excluding hydrogens is 414 g/mol. The molecule has 6 nitrogen and oxygen atoms in total. The van der Waals surface area contributed by atoms with Crippen LogP contribution in [0.3, 0.4) is 0 Å². The molecule has 2 aliphatic heterocycles. The number of carbonyl (C=O) groups is 1. The van der Waals surface area contributed by atoms with Crippen LogP contribution in [0.4, 0.5) is 5.69 Å². The first kappa shape index (κ1) is 21.0. The number of pyridine rings is 1. The zero-order valence-corrected chi connectivity index (χ0v) is 18.4. The number of likely N-dealkylation sites (tertiary alicyclic amines) is 1. The van der Waals surface area contributed by atoms with E-state index in [1.54, 1.807) is 31.6 Å². The molecule has 2 N–H and O–H groups in total. The highest BCUT2D eigenvalue weighted by molar-refractivity contribution is 5.94.